The Morgan fingerprint density at radius 3 is 0.687 bits per heavy atom. The van der Waals surface area contributed by atoms with Gasteiger partial charge in [0.25, 0.3) is 0 Å². The van der Waals surface area contributed by atoms with Crippen LogP contribution in [0.25, 0.3) is 0 Å². The van der Waals surface area contributed by atoms with Crippen LogP contribution in [0, 0.1) is 0 Å². The molecule has 6 nitrogen and oxygen atoms in total. The Kier molecular flexibility index (Phi) is 68.6. The predicted octanol–water partition coefficient (Wildman–Crippen LogP) is 25.2. The average molecular weight is 1160 g/mol. The van der Waals surface area contributed by atoms with Crippen LogP contribution in [0.4, 0.5) is 0 Å². The molecule has 1 atom stereocenters. The Balaban J connectivity index is 4.30. The lowest BCUT2D eigenvalue weighted by Gasteiger charge is -2.18. The van der Waals surface area contributed by atoms with Gasteiger partial charge in [-0.3, -0.25) is 14.4 Å². The largest absolute Gasteiger partial charge is 0.462 e. The van der Waals surface area contributed by atoms with Gasteiger partial charge >= 0.3 is 17.9 Å². The molecular weight excluding hydrogens is 1020 g/mol. The molecule has 482 valence electrons. The number of esters is 3. The molecule has 0 aliphatic heterocycles. The molecule has 0 aromatic heterocycles. The lowest BCUT2D eigenvalue weighted by Crippen LogP contribution is -2.30. The molecule has 83 heavy (non-hydrogen) atoms. The molecule has 6 heteroatoms. The standard InChI is InChI=1S/C77H138O6/c1-4-7-10-13-16-19-22-25-28-30-32-34-36-37-38-39-41-42-44-46-49-52-55-58-61-64-67-70-76(79)82-73-74(72-81-75(78)69-66-63-60-57-54-51-48-27-24-21-18-15-12-9-6-3)83-77(80)71-68-65-62-59-56-53-50-47-45-43-40-35-33-31-29-26-23-20-17-14-11-8-5-2/h22-23,25-27,30-33,36-37,48,74H,4-21,24,28-29,34-35,38-47,49-73H2,1-3H3/b25-22-,26-23-,32-30-,33-31-,37-36-,48-27-. The number of carbonyl (C=O) groups excluding carboxylic acids is 3. The van der Waals surface area contributed by atoms with Crippen molar-refractivity contribution in [3.05, 3.63) is 72.9 Å². The van der Waals surface area contributed by atoms with Crippen molar-refractivity contribution < 1.29 is 28.6 Å². The van der Waals surface area contributed by atoms with Gasteiger partial charge in [-0.2, -0.15) is 0 Å². The summed E-state index contributed by atoms with van der Waals surface area (Å²) in [6.45, 7) is 6.66. The molecule has 0 radical (unpaired) electrons. The second-order valence-electron chi connectivity index (χ2n) is 24.5. The number of hydrogen-bond acceptors (Lipinski definition) is 6. The molecule has 0 bridgehead atoms. The van der Waals surface area contributed by atoms with Crippen LogP contribution in [0.2, 0.25) is 0 Å². The minimum atomic E-state index is -0.782. The van der Waals surface area contributed by atoms with Crippen LogP contribution < -0.4 is 0 Å². The highest BCUT2D eigenvalue weighted by Gasteiger charge is 2.19. The molecule has 0 aliphatic rings. The number of hydrogen-bond donors (Lipinski definition) is 0. The smallest absolute Gasteiger partial charge is 0.306 e. The number of carbonyl (C=O) groups is 3. The van der Waals surface area contributed by atoms with E-state index in [0.717, 1.165) is 83.5 Å². The van der Waals surface area contributed by atoms with Gasteiger partial charge in [0, 0.05) is 19.3 Å². The van der Waals surface area contributed by atoms with Crippen molar-refractivity contribution in [2.45, 2.75) is 386 Å². The Labute approximate surface area is 516 Å². The van der Waals surface area contributed by atoms with Gasteiger partial charge < -0.3 is 14.2 Å². The SMILES string of the molecule is CCCCCCC/C=C\C/C=C\C/C=C\CCCCCCCCCCCCCCC(=O)OCC(COC(=O)CCCCCCC/C=C\CCCCCCCC)OC(=O)CCCCCCCCCCCCC/C=C\C/C=C\CCCCCCC. The lowest BCUT2D eigenvalue weighted by molar-refractivity contribution is -0.167. The third-order valence-electron chi connectivity index (χ3n) is 16.2. The molecule has 0 aromatic rings. The first kappa shape index (κ1) is 79.8. The van der Waals surface area contributed by atoms with Crippen LogP contribution in [0.5, 0.6) is 0 Å². The normalized spacial score (nSPS) is 12.5. The van der Waals surface area contributed by atoms with Gasteiger partial charge in [-0.05, 0) is 116 Å². The van der Waals surface area contributed by atoms with E-state index in [2.05, 4.69) is 93.7 Å². The fraction of sp³-hybridized carbons (Fsp3) is 0.805. The molecule has 0 aromatic carbocycles. The zero-order chi connectivity index (χ0) is 59.9. The van der Waals surface area contributed by atoms with E-state index < -0.39 is 6.10 Å². The zero-order valence-electron chi connectivity index (χ0n) is 55.5. The first-order chi connectivity index (χ1) is 41.0. The molecule has 0 aliphatic carbocycles. The summed E-state index contributed by atoms with van der Waals surface area (Å²) in [6, 6.07) is 0. The molecule has 0 saturated heterocycles. The fourth-order valence-electron chi connectivity index (χ4n) is 10.7. The van der Waals surface area contributed by atoms with Crippen molar-refractivity contribution in [3.63, 3.8) is 0 Å². The van der Waals surface area contributed by atoms with E-state index in [4.69, 9.17) is 14.2 Å². The quantitative estimate of drug-likeness (QED) is 0.0261. The third-order valence-corrected chi connectivity index (χ3v) is 16.2. The van der Waals surface area contributed by atoms with Crippen molar-refractivity contribution in [2.24, 2.45) is 0 Å². The van der Waals surface area contributed by atoms with E-state index in [1.807, 2.05) is 0 Å². The fourth-order valence-corrected chi connectivity index (χ4v) is 10.7. The minimum Gasteiger partial charge on any atom is -0.462 e. The van der Waals surface area contributed by atoms with Crippen LogP contribution in [0.1, 0.15) is 380 Å². The summed E-state index contributed by atoms with van der Waals surface area (Å²) in [5.41, 5.74) is 0. The van der Waals surface area contributed by atoms with E-state index in [9.17, 15) is 14.4 Å². The van der Waals surface area contributed by atoms with Gasteiger partial charge in [-0.1, -0.05) is 318 Å². The van der Waals surface area contributed by atoms with Gasteiger partial charge in [0.15, 0.2) is 6.10 Å². The predicted molar refractivity (Wildman–Crippen MR) is 362 cm³/mol. The van der Waals surface area contributed by atoms with Crippen LogP contribution in [0.3, 0.4) is 0 Å². The van der Waals surface area contributed by atoms with Crippen molar-refractivity contribution in [2.75, 3.05) is 13.2 Å². The Bertz CT molecular complexity index is 1520. The van der Waals surface area contributed by atoms with Crippen molar-refractivity contribution in [1.82, 2.24) is 0 Å². The van der Waals surface area contributed by atoms with Crippen LogP contribution >= 0.6 is 0 Å². The summed E-state index contributed by atoms with van der Waals surface area (Å²) >= 11 is 0. The van der Waals surface area contributed by atoms with E-state index in [1.54, 1.807) is 0 Å². The second kappa shape index (κ2) is 71.3. The average Bonchev–Trinajstić information content (AvgIpc) is 3.49. The monoisotopic (exact) mass is 1160 g/mol. The Morgan fingerprint density at radius 1 is 0.241 bits per heavy atom. The Hall–Kier alpha value is -3.15. The van der Waals surface area contributed by atoms with E-state index in [-0.39, 0.29) is 31.1 Å². The van der Waals surface area contributed by atoms with Crippen LogP contribution in [-0.2, 0) is 28.6 Å². The van der Waals surface area contributed by atoms with Gasteiger partial charge in [0.1, 0.15) is 13.2 Å². The molecule has 0 spiro atoms. The summed E-state index contributed by atoms with van der Waals surface area (Å²) in [5.74, 6) is -0.868. The van der Waals surface area contributed by atoms with Gasteiger partial charge in [-0.25, -0.2) is 0 Å². The van der Waals surface area contributed by atoms with Crippen LogP contribution in [0.15, 0.2) is 72.9 Å². The van der Waals surface area contributed by atoms with E-state index in [1.165, 1.54) is 257 Å². The molecule has 0 heterocycles. The van der Waals surface area contributed by atoms with Gasteiger partial charge in [0.2, 0.25) is 0 Å². The number of unbranched alkanes of at least 4 members (excludes halogenated alkanes) is 44. The molecule has 0 N–H and O–H groups in total. The summed E-state index contributed by atoms with van der Waals surface area (Å²) in [6.07, 6.45) is 93.5. The molecular formula is C77H138O6. The number of allylic oxidation sites excluding steroid dienone is 12. The highest BCUT2D eigenvalue weighted by Crippen LogP contribution is 2.17. The van der Waals surface area contributed by atoms with Crippen molar-refractivity contribution in [1.29, 1.82) is 0 Å². The molecule has 0 saturated carbocycles. The summed E-state index contributed by atoms with van der Waals surface area (Å²) in [4.78, 5) is 38.5. The molecule has 0 fully saturated rings. The summed E-state index contributed by atoms with van der Waals surface area (Å²) < 4.78 is 17.0. The molecule has 0 rings (SSSR count). The lowest BCUT2D eigenvalue weighted by atomic mass is 10.0. The van der Waals surface area contributed by atoms with E-state index in [0.29, 0.717) is 19.3 Å². The van der Waals surface area contributed by atoms with Crippen molar-refractivity contribution in [3.8, 4) is 0 Å². The Morgan fingerprint density at radius 2 is 0.434 bits per heavy atom. The topological polar surface area (TPSA) is 78.9 Å². The number of ether oxygens (including phenoxy) is 3. The first-order valence-electron chi connectivity index (χ1n) is 36.4. The van der Waals surface area contributed by atoms with Gasteiger partial charge in [-0.15, -0.1) is 0 Å². The van der Waals surface area contributed by atoms with Crippen LogP contribution in [-0.4, -0.2) is 37.2 Å². The van der Waals surface area contributed by atoms with Gasteiger partial charge in [0.05, 0.1) is 0 Å². The zero-order valence-corrected chi connectivity index (χ0v) is 55.5. The number of rotatable bonds is 67. The second-order valence-corrected chi connectivity index (χ2v) is 24.5. The van der Waals surface area contributed by atoms with E-state index >= 15 is 0 Å². The first-order valence-corrected chi connectivity index (χ1v) is 36.4. The third kappa shape index (κ3) is 69.5. The summed E-state index contributed by atoms with van der Waals surface area (Å²) in [7, 11) is 0. The maximum Gasteiger partial charge on any atom is 0.306 e. The maximum atomic E-state index is 13.0. The minimum absolute atomic E-state index is 0.0772. The highest BCUT2D eigenvalue weighted by molar-refractivity contribution is 5.71. The molecule has 0 amide bonds. The maximum absolute atomic E-state index is 13.0. The molecule has 1 unspecified atom stereocenters. The highest BCUT2D eigenvalue weighted by atomic mass is 16.6. The summed E-state index contributed by atoms with van der Waals surface area (Å²) in [5, 5.41) is 0. The van der Waals surface area contributed by atoms with Crippen molar-refractivity contribution >= 4 is 17.9 Å².